The molecule has 0 saturated heterocycles. The predicted octanol–water partition coefficient (Wildman–Crippen LogP) is 2.91. The maximum atomic E-state index is 12.7. The van der Waals surface area contributed by atoms with Crippen LogP contribution in [0, 0.1) is 0 Å². The van der Waals surface area contributed by atoms with E-state index in [0.29, 0.717) is 12.2 Å². The molecule has 144 valence electrons. The number of aryl methyl sites for hydroxylation is 1. The summed E-state index contributed by atoms with van der Waals surface area (Å²) in [6, 6.07) is 5.82. The molecular formula is C19H25ClN6O. The number of aromatic nitrogens is 4. The van der Waals surface area contributed by atoms with E-state index in [0.717, 1.165) is 46.8 Å². The van der Waals surface area contributed by atoms with Crippen molar-refractivity contribution < 1.29 is 4.79 Å². The van der Waals surface area contributed by atoms with E-state index in [2.05, 4.69) is 46.2 Å². The standard InChI is InChI=1S/C19H24N6O.ClH/c1-19(2,3)18-22-14-9-11(5-6-15(14)25(18)4)21-17(26)16-12-10-20-8-7-13(12)23-24-16;/h5-6,9,20H,7-8,10H2,1-4H3,(H,21,26)(H,23,24);1H. The number of nitrogens with zero attached hydrogens (tertiary/aromatic N) is 3. The average Bonchev–Trinajstić information content (AvgIpc) is 3.16. The first-order valence-corrected chi connectivity index (χ1v) is 8.90. The van der Waals surface area contributed by atoms with Crippen LogP contribution in [0.5, 0.6) is 0 Å². The normalized spacial score (nSPS) is 13.9. The molecule has 1 aliphatic heterocycles. The number of halogens is 1. The predicted molar refractivity (Wildman–Crippen MR) is 109 cm³/mol. The summed E-state index contributed by atoms with van der Waals surface area (Å²) in [5, 5.41) is 13.4. The van der Waals surface area contributed by atoms with Crippen LogP contribution in [0.25, 0.3) is 11.0 Å². The molecule has 1 aliphatic rings. The molecule has 0 atom stereocenters. The van der Waals surface area contributed by atoms with Crippen LogP contribution < -0.4 is 10.6 Å². The Balaban J connectivity index is 0.00000210. The maximum absolute atomic E-state index is 12.7. The molecule has 1 amide bonds. The smallest absolute Gasteiger partial charge is 0.276 e. The number of fused-ring (bicyclic) bond motifs is 2. The van der Waals surface area contributed by atoms with E-state index in [9.17, 15) is 4.79 Å². The fourth-order valence-electron chi connectivity index (χ4n) is 3.55. The minimum atomic E-state index is -0.197. The van der Waals surface area contributed by atoms with E-state index in [1.165, 1.54) is 0 Å². The lowest BCUT2D eigenvalue weighted by Crippen LogP contribution is -2.25. The lowest BCUT2D eigenvalue weighted by atomic mass is 9.96. The first-order chi connectivity index (χ1) is 12.3. The molecule has 3 heterocycles. The molecule has 1 aromatic carbocycles. The Kier molecular flexibility index (Phi) is 5.01. The number of amides is 1. The SMILES string of the molecule is Cl.Cn1c(C(C)(C)C)nc2cc(NC(=O)c3n[nH]c4c3CNCC4)ccc21. The highest BCUT2D eigenvalue weighted by Crippen LogP contribution is 2.27. The van der Waals surface area contributed by atoms with Crippen molar-refractivity contribution in [2.75, 3.05) is 11.9 Å². The van der Waals surface area contributed by atoms with Crippen LogP contribution in [0.3, 0.4) is 0 Å². The van der Waals surface area contributed by atoms with Crippen molar-refractivity contribution >= 4 is 35.0 Å². The average molecular weight is 389 g/mol. The maximum Gasteiger partial charge on any atom is 0.276 e. The summed E-state index contributed by atoms with van der Waals surface area (Å²) < 4.78 is 2.11. The molecule has 0 unspecified atom stereocenters. The molecule has 4 rings (SSSR count). The molecular weight excluding hydrogens is 364 g/mol. The number of carbonyl (C=O) groups excluding carboxylic acids is 1. The first-order valence-electron chi connectivity index (χ1n) is 8.90. The Labute approximate surface area is 164 Å². The minimum absolute atomic E-state index is 0. The van der Waals surface area contributed by atoms with Gasteiger partial charge in [0, 0.05) is 48.9 Å². The molecule has 3 N–H and O–H groups in total. The summed E-state index contributed by atoms with van der Waals surface area (Å²) in [6.07, 6.45) is 0.866. The third-order valence-corrected chi connectivity index (χ3v) is 4.83. The number of aromatic amines is 1. The van der Waals surface area contributed by atoms with Crippen molar-refractivity contribution in [2.45, 2.75) is 39.2 Å². The van der Waals surface area contributed by atoms with E-state index in [1.807, 2.05) is 25.2 Å². The summed E-state index contributed by atoms with van der Waals surface area (Å²) in [6.45, 7) is 8.01. The van der Waals surface area contributed by atoms with Crippen LogP contribution in [0.1, 0.15) is 48.3 Å². The van der Waals surface area contributed by atoms with Crippen LogP contribution in [0.15, 0.2) is 18.2 Å². The van der Waals surface area contributed by atoms with Gasteiger partial charge in [-0.15, -0.1) is 12.4 Å². The number of carbonyl (C=O) groups is 1. The molecule has 3 aromatic rings. The molecule has 7 nitrogen and oxygen atoms in total. The zero-order valence-corrected chi connectivity index (χ0v) is 16.8. The van der Waals surface area contributed by atoms with Gasteiger partial charge in [-0.2, -0.15) is 5.10 Å². The molecule has 0 radical (unpaired) electrons. The van der Waals surface area contributed by atoms with Crippen molar-refractivity contribution in [3.63, 3.8) is 0 Å². The van der Waals surface area contributed by atoms with Gasteiger partial charge in [0.05, 0.1) is 11.0 Å². The molecule has 2 aromatic heterocycles. The fourth-order valence-corrected chi connectivity index (χ4v) is 3.55. The van der Waals surface area contributed by atoms with Gasteiger partial charge in [-0.05, 0) is 18.2 Å². The summed E-state index contributed by atoms with van der Waals surface area (Å²) in [7, 11) is 2.02. The van der Waals surface area contributed by atoms with Crippen molar-refractivity contribution in [3.05, 3.63) is 41.0 Å². The van der Waals surface area contributed by atoms with Gasteiger partial charge in [-0.25, -0.2) is 4.98 Å². The van der Waals surface area contributed by atoms with Crippen LogP contribution >= 0.6 is 12.4 Å². The van der Waals surface area contributed by atoms with E-state index in [1.54, 1.807) is 0 Å². The van der Waals surface area contributed by atoms with Gasteiger partial charge in [-0.3, -0.25) is 9.89 Å². The quantitative estimate of drug-likeness (QED) is 0.629. The molecule has 0 saturated carbocycles. The highest BCUT2D eigenvalue weighted by Gasteiger charge is 2.23. The molecule has 0 spiro atoms. The third kappa shape index (κ3) is 3.44. The number of nitrogens with one attached hydrogen (secondary N) is 3. The van der Waals surface area contributed by atoms with E-state index >= 15 is 0 Å². The van der Waals surface area contributed by atoms with Crippen molar-refractivity contribution in [1.29, 1.82) is 0 Å². The first kappa shape index (κ1) is 19.4. The Morgan fingerprint density at radius 3 is 2.81 bits per heavy atom. The number of benzene rings is 1. The Hall–Kier alpha value is -2.38. The van der Waals surface area contributed by atoms with Gasteiger partial charge in [0.1, 0.15) is 5.82 Å². The number of rotatable bonds is 2. The third-order valence-electron chi connectivity index (χ3n) is 4.83. The van der Waals surface area contributed by atoms with E-state index in [4.69, 9.17) is 4.98 Å². The van der Waals surface area contributed by atoms with E-state index in [-0.39, 0.29) is 23.7 Å². The second kappa shape index (κ2) is 6.98. The topological polar surface area (TPSA) is 87.6 Å². The Morgan fingerprint density at radius 1 is 1.30 bits per heavy atom. The Bertz CT molecular complexity index is 998. The highest BCUT2D eigenvalue weighted by molar-refractivity contribution is 6.04. The molecule has 8 heteroatoms. The van der Waals surface area contributed by atoms with E-state index < -0.39 is 0 Å². The van der Waals surface area contributed by atoms with Gasteiger partial charge in [-0.1, -0.05) is 20.8 Å². The van der Waals surface area contributed by atoms with Crippen LogP contribution in [-0.4, -0.2) is 32.2 Å². The second-order valence-electron chi connectivity index (χ2n) is 7.86. The zero-order valence-electron chi connectivity index (χ0n) is 16.0. The number of hydrogen-bond donors (Lipinski definition) is 3. The monoisotopic (exact) mass is 388 g/mol. The van der Waals surface area contributed by atoms with Gasteiger partial charge < -0.3 is 15.2 Å². The largest absolute Gasteiger partial charge is 0.331 e. The number of anilines is 1. The second-order valence-corrected chi connectivity index (χ2v) is 7.86. The van der Waals surface area contributed by atoms with Crippen molar-refractivity contribution in [1.82, 2.24) is 25.1 Å². The summed E-state index contributed by atoms with van der Waals surface area (Å²) in [4.78, 5) is 17.4. The molecule has 0 fully saturated rings. The lowest BCUT2D eigenvalue weighted by Gasteiger charge is -2.17. The summed E-state index contributed by atoms with van der Waals surface area (Å²) in [5.74, 6) is 0.820. The zero-order chi connectivity index (χ0) is 18.5. The van der Waals surface area contributed by atoms with Crippen LogP contribution in [0.4, 0.5) is 5.69 Å². The van der Waals surface area contributed by atoms with Crippen LogP contribution in [-0.2, 0) is 25.4 Å². The Morgan fingerprint density at radius 2 is 2.07 bits per heavy atom. The van der Waals surface area contributed by atoms with Gasteiger partial charge in [0.2, 0.25) is 0 Å². The fraction of sp³-hybridized carbons (Fsp3) is 0.421. The van der Waals surface area contributed by atoms with Crippen molar-refractivity contribution in [2.24, 2.45) is 7.05 Å². The highest BCUT2D eigenvalue weighted by atomic mass is 35.5. The number of hydrogen-bond acceptors (Lipinski definition) is 4. The van der Waals surface area contributed by atoms with Crippen LogP contribution in [0.2, 0.25) is 0 Å². The van der Waals surface area contributed by atoms with Gasteiger partial charge >= 0.3 is 0 Å². The number of imidazole rings is 1. The van der Waals surface area contributed by atoms with Gasteiger partial charge in [0.15, 0.2) is 5.69 Å². The molecule has 27 heavy (non-hydrogen) atoms. The van der Waals surface area contributed by atoms with Gasteiger partial charge in [0.25, 0.3) is 5.91 Å². The minimum Gasteiger partial charge on any atom is -0.331 e. The summed E-state index contributed by atoms with van der Waals surface area (Å²) >= 11 is 0. The summed E-state index contributed by atoms with van der Waals surface area (Å²) in [5.41, 5.74) is 5.07. The number of H-pyrrole nitrogens is 1. The lowest BCUT2D eigenvalue weighted by molar-refractivity contribution is 0.102. The van der Waals surface area contributed by atoms with Crippen molar-refractivity contribution in [3.8, 4) is 0 Å². The molecule has 0 bridgehead atoms. The molecule has 0 aliphatic carbocycles.